The van der Waals surface area contributed by atoms with E-state index in [1.807, 2.05) is 35.1 Å². The Hall–Kier alpha value is -1.11. The number of anilines is 1. The molecule has 1 aromatic heterocycles. The normalized spacial score (nSPS) is 14.0. The second-order valence-electron chi connectivity index (χ2n) is 5.02. The molecule has 7 heteroatoms. The van der Waals surface area contributed by atoms with Crippen molar-refractivity contribution in [3.05, 3.63) is 45.5 Å². The Kier molecular flexibility index (Phi) is 4.47. The van der Waals surface area contributed by atoms with Gasteiger partial charge in [0.2, 0.25) is 0 Å². The van der Waals surface area contributed by atoms with Gasteiger partial charge in [0.25, 0.3) is 0 Å². The lowest BCUT2D eigenvalue weighted by molar-refractivity contribution is 0.689. The molecule has 2 N–H and O–H groups in total. The summed E-state index contributed by atoms with van der Waals surface area (Å²) in [6.07, 6.45) is 4.30. The first-order valence-electron chi connectivity index (χ1n) is 6.65. The van der Waals surface area contributed by atoms with E-state index >= 15 is 0 Å². The Labute approximate surface area is 142 Å². The molecule has 2 aromatic rings. The van der Waals surface area contributed by atoms with Crippen molar-refractivity contribution in [2.75, 3.05) is 5.32 Å². The summed E-state index contributed by atoms with van der Waals surface area (Å²) in [5.41, 5.74) is 1.14. The molecule has 0 radical (unpaired) electrons. The number of nitrogens with one attached hydrogen (secondary N) is 2. The molecule has 0 amide bonds. The molecule has 0 bridgehead atoms. The first-order chi connectivity index (χ1) is 10.1. The predicted molar refractivity (Wildman–Crippen MR) is 92.9 cm³/mol. The topological polar surface area (TPSA) is 41.9 Å². The standard InChI is InChI=1S/C14H14BrClN4S/c15-12-8-20(7-9-1-3-10(16)4-2-9)19-13(12)18-14(21)17-11-5-6-11/h1-4,8,11H,5-7H2,(H2,17,18,19,21). The Morgan fingerprint density at radius 2 is 2.10 bits per heavy atom. The minimum Gasteiger partial charge on any atom is -0.360 e. The van der Waals surface area contributed by atoms with Crippen LogP contribution in [0.3, 0.4) is 0 Å². The molecule has 1 saturated carbocycles. The number of aromatic nitrogens is 2. The van der Waals surface area contributed by atoms with Crippen molar-refractivity contribution in [1.29, 1.82) is 0 Å². The van der Waals surface area contributed by atoms with Crippen molar-refractivity contribution >= 4 is 50.7 Å². The van der Waals surface area contributed by atoms with Gasteiger partial charge in [0.1, 0.15) is 0 Å². The van der Waals surface area contributed by atoms with Crippen LogP contribution in [-0.2, 0) is 6.54 Å². The summed E-state index contributed by atoms with van der Waals surface area (Å²) in [7, 11) is 0. The van der Waals surface area contributed by atoms with Crippen molar-refractivity contribution < 1.29 is 0 Å². The number of hydrogen-bond donors (Lipinski definition) is 2. The quantitative estimate of drug-likeness (QED) is 0.786. The summed E-state index contributed by atoms with van der Waals surface area (Å²) in [4.78, 5) is 0. The summed E-state index contributed by atoms with van der Waals surface area (Å²) in [5, 5.41) is 12.2. The highest BCUT2D eigenvalue weighted by Gasteiger charge is 2.22. The van der Waals surface area contributed by atoms with Gasteiger partial charge in [-0.1, -0.05) is 23.7 Å². The fraction of sp³-hybridized carbons (Fsp3) is 0.286. The summed E-state index contributed by atoms with van der Waals surface area (Å²) in [6, 6.07) is 8.26. The van der Waals surface area contributed by atoms with Crippen molar-refractivity contribution in [3.8, 4) is 0 Å². The minimum atomic E-state index is 0.528. The molecule has 0 spiro atoms. The van der Waals surface area contributed by atoms with Crippen molar-refractivity contribution in [1.82, 2.24) is 15.1 Å². The number of nitrogens with zero attached hydrogens (tertiary/aromatic N) is 2. The molecule has 1 fully saturated rings. The first-order valence-corrected chi connectivity index (χ1v) is 8.23. The van der Waals surface area contributed by atoms with E-state index in [2.05, 4.69) is 31.7 Å². The third-order valence-electron chi connectivity index (χ3n) is 3.12. The minimum absolute atomic E-state index is 0.528. The molecule has 21 heavy (non-hydrogen) atoms. The van der Waals surface area contributed by atoms with Gasteiger partial charge in [0.05, 0.1) is 11.0 Å². The lowest BCUT2D eigenvalue weighted by Gasteiger charge is -2.07. The number of hydrogen-bond acceptors (Lipinski definition) is 2. The zero-order chi connectivity index (χ0) is 14.8. The number of benzene rings is 1. The van der Waals surface area contributed by atoms with Gasteiger partial charge in [0.15, 0.2) is 10.9 Å². The maximum absolute atomic E-state index is 5.89. The highest BCUT2D eigenvalue weighted by Crippen LogP contribution is 2.22. The van der Waals surface area contributed by atoms with Gasteiger partial charge in [-0.2, -0.15) is 5.10 Å². The third kappa shape index (κ3) is 4.18. The largest absolute Gasteiger partial charge is 0.360 e. The van der Waals surface area contributed by atoms with Crippen LogP contribution in [0.4, 0.5) is 5.82 Å². The summed E-state index contributed by atoms with van der Waals surface area (Å²) in [5.74, 6) is 0.724. The van der Waals surface area contributed by atoms with E-state index < -0.39 is 0 Å². The number of rotatable bonds is 4. The Morgan fingerprint density at radius 1 is 1.38 bits per heavy atom. The molecule has 3 rings (SSSR count). The van der Waals surface area contributed by atoms with Crippen LogP contribution in [0, 0.1) is 0 Å². The predicted octanol–water partition coefficient (Wildman–Crippen LogP) is 3.80. The van der Waals surface area contributed by atoms with E-state index in [1.165, 1.54) is 12.8 Å². The van der Waals surface area contributed by atoms with E-state index in [1.54, 1.807) is 0 Å². The summed E-state index contributed by atoms with van der Waals surface area (Å²) >= 11 is 14.6. The lowest BCUT2D eigenvalue weighted by Crippen LogP contribution is -2.30. The van der Waals surface area contributed by atoms with Gasteiger partial charge in [0, 0.05) is 17.3 Å². The van der Waals surface area contributed by atoms with Crippen molar-refractivity contribution in [3.63, 3.8) is 0 Å². The Balaban J connectivity index is 1.65. The van der Waals surface area contributed by atoms with Crippen molar-refractivity contribution in [2.45, 2.75) is 25.4 Å². The average molecular weight is 386 g/mol. The van der Waals surface area contributed by atoms with E-state index in [0.717, 1.165) is 20.9 Å². The zero-order valence-electron chi connectivity index (χ0n) is 11.1. The zero-order valence-corrected chi connectivity index (χ0v) is 14.3. The first kappa shape index (κ1) is 14.8. The van der Waals surface area contributed by atoms with Crippen LogP contribution in [0.1, 0.15) is 18.4 Å². The van der Waals surface area contributed by atoms with Gasteiger partial charge < -0.3 is 10.6 Å². The highest BCUT2D eigenvalue weighted by atomic mass is 79.9. The second-order valence-corrected chi connectivity index (χ2v) is 6.72. The van der Waals surface area contributed by atoms with E-state index in [0.29, 0.717) is 17.7 Å². The molecular weight excluding hydrogens is 372 g/mol. The van der Waals surface area contributed by atoms with Crippen LogP contribution >= 0.6 is 39.7 Å². The van der Waals surface area contributed by atoms with Crippen LogP contribution in [0.25, 0.3) is 0 Å². The van der Waals surface area contributed by atoms with Gasteiger partial charge in [-0.05, 0) is 58.7 Å². The van der Waals surface area contributed by atoms with Crippen LogP contribution in [0.15, 0.2) is 34.9 Å². The molecule has 0 saturated heterocycles. The smallest absolute Gasteiger partial charge is 0.172 e. The van der Waals surface area contributed by atoms with Crippen LogP contribution in [0.5, 0.6) is 0 Å². The lowest BCUT2D eigenvalue weighted by atomic mass is 10.2. The monoisotopic (exact) mass is 384 g/mol. The molecule has 4 nitrogen and oxygen atoms in total. The maximum atomic E-state index is 5.89. The van der Waals surface area contributed by atoms with Gasteiger partial charge in [-0.3, -0.25) is 4.68 Å². The van der Waals surface area contributed by atoms with Crippen molar-refractivity contribution in [2.24, 2.45) is 0 Å². The fourth-order valence-electron chi connectivity index (χ4n) is 1.90. The van der Waals surface area contributed by atoms with Crippen LogP contribution in [0.2, 0.25) is 5.02 Å². The molecule has 0 aliphatic heterocycles. The molecular formula is C14H14BrClN4S. The van der Waals surface area contributed by atoms with E-state index in [9.17, 15) is 0 Å². The van der Waals surface area contributed by atoms with E-state index in [-0.39, 0.29) is 0 Å². The highest BCUT2D eigenvalue weighted by molar-refractivity contribution is 9.10. The third-order valence-corrected chi connectivity index (χ3v) is 4.17. The SMILES string of the molecule is S=C(Nc1nn(Cc2ccc(Cl)cc2)cc1Br)NC1CC1. The summed E-state index contributed by atoms with van der Waals surface area (Å²) in [6.45, 7) is 0.681. The summed E-state index contributed by atoms with van der Waals surface area (Å²) < 4.78 is 2.74. The molecule has 1 heterocycles. The fourth-order valence-corrected chi connectivity index (χ4v) is 2.70. The molecule has 0 atom stereocenters. The Bertz CT molecular complexity index is 651. The number of thiocarbonyl (C=S) groups is 1. The number of halogens is 2. The van der Waals surface area contributed by atoms with Gasteiger partial charge in [-0.15, -0.1) is 0 Å². The molecule has 1 aromatic carbocycles. The van der Waals surface area contributed by atoms with Crippen LogP contribution in [-0.4, -0.2) is 20.9 Å². The molecule has 110 valence electrons. The van der Waals surface area contributed by atoms with Crippen LogP contribution < -0.4 is 10.6 Å². The molecule has 1 aliphatic carbocycles. The van der Waals surface area contributed by atoms with Gasteiger partial charge in [-0.25, -0.2) is 0 Å². The Morgan fingerprint density at radius 3 is 2.76 bits per heavy atom. The maximum Gasteiger partial charge on any atom is 0.172 e. The molecule has 0 unspecified atom stereocenters. The van der Waals surface area contributed by atoms with Gasteiger partial charge >= 0.3 is 0 Å². The molecule has 1 aliphatic rings. The van der Waals surface area contributed by atoms with E-state index in [4.69, 9.17) is 23.8 Å². The second kappa shape index (κ2) is 6.34. The average Bonchev–Trinajstić information content (AvgIpc) is 3.18.